The average molecular weight is 479 g/mol. The van der Waals surface area contributed by atoms with Gasteiger partial charge in [0.2, 0.25) is 5.91 Å². The number of hydrogen-bond donors (Lipinski definition) is 1. The highest BCUT2D eigenvalue weighted by molar-refractivity contribution is 7.92. The fourth-order valence-corrected chi connectivity index (χ4v) is 5.82. The van der Waals surface area contributed by atoms with Gasteiger partial charge in [-0.25, -0.2) is 8.42 Å². The van der Waals surface area contributed by atoms with Gasteiger partial charge in [-0.1, -0.05) is 42.5 Å². The maximum atomic E-state index is 13.6. The monoisotopic (exact) mass is 478 g/mol. The van der Waals surface area contributed by atoms with Crippen molar-refractivity contribution in [1.82, 2.24) is 5.32 Å². The van der Waals surface area contributed by atoms with Crippen LogP contribution >= 0.6 is 0 Å². The summed E-state index contributed by atoms with van der Waals surface area (Å²) >= 11 is 0. The van der Waals surface area contributed by atoms with Gasteiger partial charge in [0.15, 0.2) is 0 Å². The Kier molecular flexibility index (Phi) is 6.93. The number of methoxy groups -OCH3 is 1. The number of sulfonamides is 1. The van der Waals surface area contributed by atoms with Crippen LogP contribution in [0.25, 0.3) is 0 Å². The van der Waals surface area contributed by atoms with Gasteiger partial charge in [-0.3, -0.25) is 9.10 Å². The smallest absolute Gasteiger partial charge is 0.264 e. The van der Waals surface area contributed by atoms with Crippen LogP contribution in [0.2, 0.25) is 0 Å². The Morgan fingerprint density at radius 3 is 2.50 bits per heavy atom. The van der Waals surface area contributed by atoms with E-state index in [1.807, 2.05) is 26.0 Å². The van der Waals surface area contributed by atoms with Crippen LogP contribution in [0.3, 0.4) is 0 Å². The zero-order valence-corrected chi connectivity index (χ0v) is 20.6. The Bertz CT molecular complexity index is 1290. The largest absolute Gasteiger partial charge is 0.495 e. The summed E-state index contributed by atoms with van der Waals surface area (Å²) in [5.41, 5.74) is 4.90. The number of benzene rings is 3. The molecule has 3 aromatic carbocycles. The molecule has 0 heterocycles. The third-order valence-corrected chi connectivity index (χ3v) is 8.00. The molecule has 4 rings (SSSR count). The number of aryl methyl sites for hydroxylation is 3. The number of ether oxygens (including phenoxy) is 1. The SMILES string of the molecule is COc1ccc(C)cc1N(CC(=O)N[C@@H](C)c1ccc2c(c1)CCC2)S(=O)(=O)c1ccccc1. The molecular formula is C27H30N2O4S. The number of carbonyl (C=O) groups is 1. The molecule has 1 atom stereocenters. The van der Waals surface area contributed by atoms with Gasteiger partial charge >= 0.3 is 0 Å². The number of hydrogen-bond acceptors (Lipinski definition) is 4. The highest BCUT2D eigenvalue weighted by Gasteiger charge is 2.30. The molecule has 1 aliphatic carbocycles. The van der Waals surface area contributed by atoms with Crippen LogP contribution in [-0.2, 0) is 27.7 Å². The van der Waals surface area contributed by atoms with Crippen LogP contribution in [-0.4, -0.2) is 28.0 Å². The Hall–Kier alpha value is -3.32. The lowest BCUT2D eigenvalue weighted by Crippen LogP contribution is -2.41. The molecule has 0 spiro atoms. The lowest BCUT2D eigenvalue weighted by Gasteiger charge is -2.27. The molecular weight excluding hydrogens is 448 g/mol. The molecule has 0 saturated carbocycles. The number of fused-ring (bicyclic) bond motifs is 1. The molecule has 0 radical (unpaired) electrons. The summed E-state index contributed by atoms with van der Waals surface area (Å²) in [6, 6.07) is 19.5. The number of carbonyl (C=O) groups excluding carboxylic acids is 1. The Morgan fingerprint density at radius 1 is 1.03 bits per heavy atom. The van der Waals surface area contributed by atoms with Crippen molar-refractivity contribution >= 4 is 21.6 Å². The van der Waals surface area contributed by atoms with Gasteiger partial charge in [0, 0.05) is 0 Å². The molecule has 0 aromatic heterocycles. The topological polar surface area (TPSA) is 75.7 Å². The third kappa shape index (κ3) is 4.94. The van der Waals surface area contributed by atoms with Crippen LogP contribution in [0.1, 0.15) is 41.6 Å². The molecule has 1 aliphatic rings. The summed E-state index contributed by atoms with van der Waals surface area (Å²) in [7, 11) is -2.53. The normalized spacial score (nSPS) is 13.7. The molecule has 3 aromatic rings. The molecule has 1 amide bonds. The Morgan fingerprint density at radius 2 is 1.76 bits per heavy atom. The fourth-order valence-electron chi connectivity index (χ4n) is 4.38. The van der Waals surface area contributed by atoms with Gasteiger partial charge in [0.25, 0.3) is 10.0 Å². The first-order valence-electron chi connectivity index (χ1n) is 11.4. The first-order chi connectivity index (χ1) is 16.3. The van der Waals surface area contributed by atoms with E-state index in [0.29, 0.717) is 11.4 Å². The molecule has 0 aliphatic heterocycles. The minimum absolute atomic E-state index is 0.109. The van der Waals surface area contributed by atoms with Crippen molar-refractivity contribution in [3.8, 4) is 5.75 Å². The number of amides is 1. The zero-order chi connectivity index (χ0) is 24.3. The first kappa shape index (κ1) is 23.8. The molecule has 34 heavy (non-hydrogen) atoms. The maximum Gasteiger partial charge on any atom is 0.264 e. The van der Waals surface area contributed by atoms with Gasteiger partial charge in [-0.15, -0.1) is 0 Å². The second-order valence-corrected chi connectivity index (χ2v) is 10.5. The minimum Gasteiger partial charge on any atom is -0.495 e. The molecule has 1 N–H and O–H groups in total. The van der Waals surface area contributed by atoms with Crippen LogP contribution in [0, 0.1) is 6.92 Å². The third-order valence-electron chi connectivity index (χ3n) is 6.22. The van der Waals surface area contributed by atoms with E-state index in [1.54, 1.807) is 30.3 Å². The van der Waals surface area contributed by atoms with Gasteiger partial charge in [-0.05, 0) is 79.6 Å². The molecule has 7 heteroatoms. The zero-order valence-electron chi connectivity index (χ0n) is 19.7. The van der Waals surface area contributed by atoms with Crippen LogP contribution < -0.4 is 14.4 Å². The standard InChI is InChI=1S/C27H30N2O4S/c1-19-12-15-26(33-3)25(16-19)29(34(31,32)24-10-5-4-6-11-24)18-27(30)28-20(2)22-14-13-21-8-7-9-23(21)17-22/h4-6,10-17,20H,7-9,18H2,1-3H3,(H,28,30)/t20-/m0/s1. The summed E-state index contributed by atoms with van der Waals surface area (Å²) in [5.74, 6) is -0.0133. The molecule has 0 saturated heterocycles. The highest BCUT2D eigenvalue weighted by atomic mass is 32.2. The van der Waals surface area contributed by atoms with Gasteiger partial charge in [-0.2, -0.15) is 0 Å². The maximum absolute atomic E-state index is 13.6. The summed E-state index contributed by atoms with van der Waals surface area (Å²) in [4.78, 5) is 13.3. The van der Waals surface area contributed by atoms with E-state index in [0.717, 1.165) is 34.7 Å². The Balaban J connectivity index is 1.63. The van der Waals surface area contributed by atoms with Crippen LogP contribution in [0.5, 0.6) is 5.75 Å². The summed E-state index contributed by atoms with van der Waals surface area (Å²) in [6.45, 7) is 3.41. The summed E-state index contributed by atoms with van der Waals surface area (Å²) in [6.07, 6.45) is 3.31. The number of nitrogens with zero attached hydrogens (tertiary/aromatic N) is 1. The number of nitrogens with one attached hydrogen (secondary N) is 1. The van der Waals surface area contributed by atoms with Crippen molar-refractivity contribution in [3.63, 3.8) is 0 Å². The summed E-state index contributed by atoms with van der Waals surface area (Å²) in [5, 5.41) is 2.98. The molecule has 0 unspecified atom stereocenters. The minimum atomic E-state index is -4.01. The Labute approximate surface area is 201 Å². The summed E-state index contributed by atoms with van der Waals surface area (Å²) < 4.78 is 33.8. The molecule has 178 valence electrons. The quantitative estimate of drug-likeness (QED) is 0.515. The molecule has 0 bridgehead atoms. The number of anilines is 1. The van der Waals surface area contributed by atoms with Crippen molar-refractivity contribution in [3.05, 3.63) is 89.0 Å². The second kappa shape index (κ2) is 9.89. The van der Waals surface area contributed by atoms with E-state index in [9.17, 15) is 13.2 Å². The van der Waals surface area contributed by atoms with Gasteiger partial charge in [0.05, 0.1) is 23.7 Å². The van der Waals surface area contributed by atoms with Crippen molar-refractivity contribution < 1.29 is 17.9 Å². The van der Waals surface area contributed by atoms with E-state index >= 15 is 0 Å². The lowest BCUT2D eigenvalue weighted by atomic mass is 10.0. The van der Waals surface area contributed by atoms with Gasteiger partial charge in [0.1, 0.15) is 12.3 Å². The van der Waals surface area contributed by atoms with Crippen molar-refractivity contribution in [2.75, 3.05) is 18.0 Å². The molecule has 6 nitrogen and oxygen atoms in total. The van der Waals surface area contributed by atoms with E-state index in [4.69, 9.17) is 4.74 Å². The van der Waals surface area contributed by atoms with Gasteiger partial charge < -0.3 is 10.1 Å². The fraction of sp³-hybridized carbons (Fsp3) is 0.296. The van der Waals surface area contributed by atoms with Crippen LogP contribution in [0.4, 0.5) is 5.69 Å². The highest BCUT2D eigenvalue weighted by Crippen LogP contribution is 2.33. The average Bonchev–Trinajstić information content (AvgIpc) is 3.31. The number of rotatable bonds is 8. The van der Waals surface area contributed by atoms with E-state index in [1.165, 1.54) is 30.4 Å². The van der Waals surface area contributed by atoms with E-state index in [-0.39, 0.29) is 17.5 Å². The van der Waals surface area contributed by atoms with Crippen molar-refractivity contribution in [2.24, 2.45) is 0 Å². The van der Waals surface area contributed by atoms with Crippen molar-refractivity contribution in [1.29, 1.82) is 0 Å². The first-order valence-corrected chi connectivity index (χ1v) is 12.9. The molecule has 0 fully saturated rings. The van der Waals surface area contributed by atoms with E-state index in [2.05, 4.69) is 17.4 Å². The van der Waals surface area contributed by atoms with Crippen LogP contribution in [0.15, 0.2) is 71.6 Å². The van der Waals surface area contributed by atoms with Crippen molar-refractivity contribution in [2.45, 2.75) is 44.0 Å². The second-order valence-electron chi connectivity index (χ2n) is 8.67. The lowest BCUT2D eigenvalue weighted by molar-refractivity contribution is -0.120. The predicted molar refractivity (Wildman–Crippen MR) is 134 cm³/mol. The van der Waals surface area contributed by atoms with E-state index < -0.39 is 15.9 Å². The predicted octanol–water partition coefficient (Wildman–Crippen LogP) is 4.57.